The van der Waals surface area contributed by atoms with Crippen LogP contribution in [0.3, 0.4) is 0 Å². The molecule has 0 N–H and O–H groups in total. The molecule has 0 atom stereocenters. The summed E-state index contributed by atoms with van der Waals surface area (Å²) in [4.78, 5) is 11.0. The van der Waals surface area contributed by atoms with Gasteiger partial charge in [-0.2, -0.15) is 0 Å². The zero-order chi connectivity index (χ0) is 35.3. The number of para-hydroxylation sites is 4. The van der Waals surface area contributed by atoms with Crippen LogP contribution >= 0.6 is 0 Å². The van der Waals surface area contributed by atoms with Gasteiger partial charge in [0.05, 0.1) is 33.5 Å². The largest absolute Gasteiger partial charge is 0.309 e. The van der Waals surface area contributed by atoms with Gasteiger partial charge in [0.2, 0.25) is 0 Å². The fourth-order valence-electron chi connectivity index (χ4n) is 8.92. The lowest BCUT2D eigenvalue weighted by Gasteiger charge is -2.22. The van der Waals surface area contributed by atoms with Gasteiger partial charge in [-0.05, 0) is 76.6 Å². The Balaban J connectivity index is 1.16. The lowest BCUT2D eigenvalue weighted by molar-refractivity contribution is 1.17. The maximum Gasteiger partial charge on any atom is 0.160 e. The summed E-state index contributed by atoms with van der Waals surface area (Å²) in [5, 5.41) is 7.65. The first-order valence-electron chi connectivity index (χ1n) is 18.3. The van der Waals surface area contributed by atoms with E-state index in [0.29, 0.717) is 0 Å². The van der Waals surface area contributed by atoms with E-state index in [0.717, 1.165) is 39.7 Å². The SMILES string of the molecule is C[Si]1(C)c2ccccc2-c2nc(-c3ccc4c(c3)c3ccccc3n4-c3ccccc3)nc(-c3cccc(-n4c5ccccc5c5ccccc54)c3)c21. The second-order valence-corrected chi connectivity index (χ2v) is 18.9. The van der Waals surface area contributed by atoms with Crippen molar-refractivity contribution in [1.29, 1.82) is 0 Å². The molecule has 0 aliphatic carbocycles. The average molecular weight is 695 g/mol. The lowest BCUT2D eigenvalue weighted by Crippen LogP contribution is -2.50. The molecule has 0 unspecified atom stereocenters. The van der Waals surface area contributed by atoms with Crippen LogP contribution in [0, 0.1) is 0 Å². The van der Waals surface area contributed by atoms with E-state index in [9.17, 15) is 0 Å². The molecule has 0 saturated heterocycles. The lowest BCUT2D eigenvalue weighted by atomic mass is 10.0. The molecule has 0 amide bonds. The number of fused-ring (bicyclic) bond motifs is 9. The highest BCUT2D eigenvalue weighted by Crippen LogP contribution is 2.38. The summed E-state index contributed by atoms with van der Waals surface area (Å²) in [6.07, 6.45) is 0. The Kier molecular flexibility index (Phi) is 6.37. The number of rotatable bonds is 4. The highest BCUT2D eigenvalue weighted by atomic mass is 28.3. The fourth-order valence-corrected chi connectivity index (χ4v) is 12.1. The molecule has 250 valence electrons. The van der Waals surface area contributed by atoms with Crippen molar-refractivity contribution in [1.82, 2.24) is 19.1 Å². The molecule has 7 aromatic carbocycles. The Labute approximate surface area is 308 Å². The van der Waals surface area contributed by atoms with Gasteiger partial charge >= 0.3 is 0 Å². The van der Waals surface area contributed by atoms with E-state index < -0.39 is 8.07 Å². The topological polar surface area (TPSA) is 35.6 Å². The van der Waals surface area contributed by atoms with Crippen molar-refractivity contribution in [2.45, 2.75) is 13.1 Å². The first-order chi connectivity index (χ1) is 26.1. The van der Waals surface area contributed by atoms with Crippen LogP contribution in [0.2, 0.25) is 13.1 Å². The number of hydrogen-bond donors (Lipinski definition) is 0. The Morgan fingerprint density at radius 2 is 0.962 bits per heavy atom. The van der Waals surface area contributed by atoms with Gasteiger partial charge in [0.25, 0.3) is 0 Å². The summed E-state index contributed by atoms with van der Waals surface area (Å²) < 4.78 is 4.75. The molecule has 0 fully saturated rings. The molecule has 0 radical (unpaired) electrons. The van der Waals surface area contributed by atoms with Crippen LogP contribution in [-0.4, -0.2) is 27.2 Å². The maximum atomic E-state index is 5.57. The molecule has 3 aromatic heterocycles. The van der Waals surface area contributed by atoms with Gasteiger partial charge in [0, 0.05) is 44.0 Å². The molecule has 10 aromatic rings. The Morgan fingerprint density at radius 3 is 1.68 bits per heavy atom. The van der Waals surface area contributed by atoms with E-state index in [1.807, 2.05) is 0 Å². The van der Waals surface area contributed by atoms with Crippen LogP contribution in [0.5, 0.6) is 0 Å². The van der Waals surface area contributed by atoms with Gasteiger partial charge in [-0.25, -0.2) is 9.97 Å². The normalized spacial score (nSPS) is 13.2. The second-order valence-electron chi connectivity index (χ2n) is 14.6. The summed E-state index contributed by atoms with van der Waals surface area (Å²) >= 11 is 0. The molecule has 0 saturated carbocycles. The van der Waals surface area contributed by atoms with Gasteiger partial charge in [-0.1, -0.05) is 122 Å². The van der Waals surface area contributed by atoms with Crippen molar-refractivity contribution >= 4 is 62.1 Å². The molecule has 11 rings (SSSR count). The summed E-state index contributed by atoms with van der Waals surface area (Å²) in [5.74, 6) is 0.751. The Hall–Kier alpha value is -6.56. The number of benzene rings is 7. The summed E-state index contributed by atoms with van der Waals surface area (Å²) in [6, 6.07) is 61.3. The Bertz CT molecular complexity index is 3040. The highest BCUT2D eigenvalue weighted by Gasteiger charge is 2.41. The third-order valence-corrected chi connectivity index (χ3v) is 14.8. The van der Waals surface area contributed by atoms with Crippen LogP contribution in [0.25, 0.3) is 88.9 Å². The summed E-state index contributed by atoms with van der Waals surface area (Å²) in [7, 11) is -2.15. The summed E-state index contributed by atoms with van der Waals surface area (Å²) in [5.41, 5.74) is 12.5. The monoisotopic (exact) mass is 694 g/mol. The van der Waals surface area contributed by atoms with Crippen LogP contribution in [0.1, 0.15) is 0 Å². The van der Waals surface area contributed by atoms with Gasteiger partial charge < -0.3 is 9.13 Å². The minimum atomic E-state index is -2.15. The molecule has 4 heterocycles. The number of hydrogen-bond acceptors (Lipinski definition) is 2. The molecular formula is C48H34N4Si. The van der Waals surface area contributed by atoms with Crippen molar-refractivity contribution in [3.63, 3.8) is 0 Å². The number of aromatic nitrogens is 4. The molecule has 1 aliphatic heterocycles. The predicted octanol–water partition coefficient (Wildman–Crippen LogP) is 10.8. The van der Waals surface area contributed by atoms with Crippen LogP contribution in [-0.2, 0) is 0 Å². The van der Waals surface area contributed by atoms with E-state index >= 15 is 0 Å². The van der Waals surface area contributed by atoms with E-state index in [1.54, 1.807) is 0 Å². The molecule has 1 aliphatic rings. The van der Waals surface area contributed by atoms with Gasteiger partial charge in [0.1, 0.15) is 8.07 Å². The van der Waals surface area contributed by atoms with Crippen molar-refractivity contribution in [2.24, 2.45) is 0 Å². The molecule has 4 nitrogen and oxygen atoms in total. The smallest absolute Gasteiger partial charge is 0.160 e. The quantitative estimate of drug-likeness (QED) is 0.172. The predicted molar refractivity (Wildman–Crippen MR) is 224 cm³/mol. The average Bonchev–Trinajstić information content (AvgIpc) is 3.81. The second kappa shape index (κ2) is 11.2. The van der Waals surface area contributed by atoms with Crippen molar-refractivity contribution in [3.8, 4) is 45.3 Å². The van der Waals surface area contributed by atoms with Crippen LogP contribution < -0.4 is 10.4 Å². The van der Waals surface area contributed by atoms with Gasteiger partial charge in [0.15, 0.2) is 5.82 Å². The zero-order valence-electron chi connectivity index (χ0n) is 29.5. The van der Waals surface area contributed by atoms with E-state index in [-0.39, 0.29) is 0 Å². The van der Waals surface area contributed by atoms with Crippen molar-refractivity contribution < 1.29 is 0 Å². The van der Waals surface area contributed by atoms with Gasteiger partial charge in [-0.15, -0.1) is 0 Å². The third kappa shape index (κ3) is 4.35. The minimum Gasteiger partial charge on any atom is -0.309 e. The highest BCUT2D eigenvalue weighted by molar-refractivity contribution is 7.04. The van der Waals surface area contributed by atoms with E-state index in [1.165, 1.54) is 59.5 Å². The van der Waals surface area contributed by atoms with Crippen LogP contribution in [0.15, 0.2) is 170 Å². The minimum absolute atomic E-state index is 0.751. The molecular weight excluding hydrogens is 661 g/mol. The fraction of sp³-hybridized carbons (Fsp3) is 0.0417. The van der Waals surface area contributed by atoms with Crippen LogP contribution in [0.4, 0.5) is 0 Å². The molecule has 0 bridgehead atoms. The van der Waals surface area contributed by atoms with E-state index in [4.69, 9.17) is 9.97 Å². The van der Waals surface area contributed by atoms with Gasteiger partial charge in [-0.3, -0.25) is 0 Å². The first-order valence-corrected chi connectivity index (χ1v) is 21.3. The van der Waals surface area contributed by atoms with E-state index in [2.05, 4.69) is 192 Å². The third-order valence-electron chi connectivity index (χ3n) is 11.3. The standard InChI is InChI=1S/C48H34N4Si/c1-53(2)44-26-13-9-22-38(44)46-47(53)45(31-15-14-18-34(29-31)52-40-23-10-6-19-35(40)36-20-7-11-24-41(36)52)49-48(50-46)32-27-28-43-39(30-32)37-21-8-12-25-42(37)51(43)33-16-4-3-5-17-33/h3-30H,1-2H3. The zero-order valence-corrected chi connectivity index (χ0v) is 30.5. The maximum absolute atomic E-state index is 5.57. The molecule has 53 heavy (non-hydrogen) atoms. The van der Waals surface area contributed by atoms with Crippen molar-refractivity contribution in [2.75, 3.05) is 0 Å². The first kappa shape index (κ1) is 30.1. The summed E-state index contributed by atoms with van der Waals surface area (Å²) in [6.45, 7) is 4.90. The molecule has 5 heteroatoms. The Morgan fingerprint density at radius 1 is 0.415 bits per heavy atom. The molecule has 0 spiro atoms. The van der Waals surface area contributed by atoms with Crippen molar-refractivity contribution in [3.05, 3.63) is 170 Å². The number of nitrogens with zero attached hydrogens (tertiary/aromatic N) is 4.